The zero-order valence-electron chi connectivity index (χ0n) is 21.2. The lowest BCUT2D eigenvalue weighted by Gasteiger charge is -2.38. The molecule has 3 atom stereocenters. The molecule has 3 N–H and O–H groups in total. The molecule has 13 heteroatoms. The summed E-state index contributed by atoms with van der Waals surface area (Å²) in [7, 11) is -2.05. The number of anilines is 2. The summed E-state index contributed by atoms with van der Waals surface area (Å²) in [4.78, 5) is 27.8. The van der Waals surface area contributed by atoms with Crippen molar-refractivity contribution < 1.29 is 32.4 Å². The van der Waals surface area contributed by atoms with E-state index in [1.54, 1.807) is 39.0 Å². The van der Waals surface area contributed by atoms with Crippen LogP contribution in [0.1, 0.15) is 35.7 Å². The van der Waals surface area contributed by atoms with E-state index in [-0.39, 0.29) is 48.5 Å². The Morgan fingerprint density at radius 3 is 2.61 bits per heavy atom. The van der Waals surface area contributed by atoms with Crippen molar-refractivity contribution in [3.05, 3.63) is 35.2 Å². The normalized spacial score (nSPS) is 19.2. The van der Waals surface area contributed by atoms with Gasteiger partial charge in [0, 0.05) is 19.5 Å². The van der Waals surface area contributed by atoms with Crippen molar-refractivity contribution in [2.45, 2.75) is 39.8 Å². The van der Waals surface area contributed by atoms with Crippen molar-refractivity contribution >= 4 is 33.3 Å². The lowest BCUT2D eigenvalue weighted by Crippen LogP contribution is -2.50. The molecule has 0 fully saturated rings. The minimum absolute atomic E-state index is 0.0224. The first kappa shape index (κ1) is 27.4. The van der Waals surface area contributed by atoms with E-state index in [1.165, 1.54) is 16.3 Å². The molecule has 3 rings (SSSR count). The third kappa shape index (κ3) is 5.97. The van der Waals surface area contributed by atoms with E-state index < -0.39 is 28.2 Å². The van der Waals surface area contributed by atoms with Crippen LogP contribution in [0.15, 0.2) is 22.7 Å². The molecule has 1 aromatic carbocycles. The predicted octanol–water partition coefficient (Wildman–Crippen LogP) is 2.05. The molecule has 0 spiro atoms. The highest BCUT2D eigenvalue weighted by molar-refractivity contribution is 7.88. The van der Waals surface area contributed by atoms with Crippen LogP contribution >= 0.6 is 0 Å². The summed E-state index contributed by atoms with van der Waals surface area (Å²) in [6, 6.07) is 3.67. The monoisotopic (exact) mass is 523 g/mol. The van der Waals surface area contributed by atoms with Gasteiger partial charge in [-0.2, -0.15) is 0 Å². The number of hydrogen-bond acceptors (Lipinski definition) is 8. The van der Waals surface area contributed by atoms with Crippen molar-refractivity contribution in [2.24, 2.45) is 5.92 Å². The number of sulfonamides is 1. The molecule has 0 unspecified atom stereocenters. The standard InChI is InChI=1S/C23H33N5O7S/c1-13-10-28(14(2)12-29)22(30)17-8-7-9-18(21(17)34-19(13)11-27(5)36(6,32)33)24-23(31)25-20-15(3)26-35-16(20)4/h7-9,13-14,19,29H,10-12H2,1-6H3,(H2,24,25,31)/t13-,14-,19-/m1/s1. The molecule has 12 nitrogen and oxygen atoms in total. The summed E-state index contributed by atoms with van der Waals surface area (Å²) in [5.74, 6) is -0.124. The average molecular weight is 524 g/mol. The number of nitrogens with one attached hydrogen (secondary N) is 2. The van der Waals surface area contributed by atoms with Gasteiger partial charge in [0.2, 0.25) is 10.0 Å². The van der Waals surface area contributed by atoms with Crippen molar-refractivity contribution in [1.82, 2.24) is 14.4 Å². The number of benzene rings is 1. The van der Waals surface area contributed by atoms with Gasteiger partial charge in [-0.25, -0.2) is 17.5 Å². The molecular weight excluding hydrogens is 490 g/mol. The first-order chi connectivity index (χ1) is 16.8. The molecule has 3 amide bonds. The minimum Gasteiger partial charge on any atom is -0.486 e. The van der Waals surface area contributed by atoms with E-state index in [0.717, 1.165) is 6.26 Å². The van der Waals surface area contributed by atoms with Crippen LogP contribution in [0.2, 0.25) is 0 Å². The van der Waals surface area contributed by atoms with E-state index in [4.69, 9.17) is 9.26 Å². The Balaban J connectivity index is 2.01. The summed E-state index contributed by atoms with van der Waals surface area (Å²) >= 11 is 0. The summed E-state index contributed by atoms with van der Waals surface area (Å²) in [5, 5.41) is 19.0. The lowest BCUT2D eigenvalue weighted by molar-refractivity contribution is 0.0389. The number of hydrogen-bond donors (Lipinski definition) is 3. The van der Waals surface area contributed by atoms with Gasteiger partial charge in [-0.1, -0.05) is 18.1 Å². The highest BCUT2D eigenvalue weighted by Gasteiger charge is 2.35. The van der Waals surface area contributed by atoms with Crippen molar-refractivity contribution in [1.29, 1.82) is 0 Å². The fraction of sp³-hybridized carbons (Fsp3) is 0.522. The fourth-order valence-electron chi connectivity index (χ4n) is 3.88. The van der Waals surface area contributed by atoms with Gasteiger partial charge < -0.3 is 29.9 Å². The molecule has 0 aliphatic carbocycles. The molecule has 1 aliphatic rings. The molecule has 36 heavy (non-hydrogen) atoms. The number of aromatic nitrogens is 1. The van der Waals surface area contributed by atoms with Gasteiger partial charge >= 0.3 is 6.03 Å². The second-order valence-electron chi connectivity index (χ2n) is 9.13. The first-order valence-electron chi connectivity index (χ1n) is 11.5. The molecule has 2 heterocycles. The van der Waals surface area contributed by atoms with E-state index in [0.29, 0.717) is 17.1 Å². The van der Waals surface area contributed by atoms with Crippen LogP contribution in [-0.4, -0.2) is 85.0 Å². The maximum atomic E-state index is 13.5. The number of aliphatic hydroxyl groups is 1. The topological polar surface area (TPSA) is 154 Å². The second kappa shape index (κ2) is 10.8. The molecule has 1 aromatic heterocycles. The predicted molar refractivity (Wildman–Crippen MR) is 134 cm³/mol. The smallest absolute Gasteiger partial charge is 0.323 e. The van der Waals surface area contributed by atoms with Crippen molar-refractivity contribution in [3.63, 3.8) is 0 Å². The van der Waals surface area contributed by atoms with Crippen molar-refractivity contribution in [3.8, 4) is 5.75 Å². The number of aryl methyl sites for hydroxylation is 2. The Kier molecular flexibility index (Phi) is 8.26. The van der Waals surface area contributed by atoms with Gasteiger partial charge in [-0.15, -0.1) is 0 Å². The summed E-state index contributed by atoms with van der Waals surface area (Å²) in [5.41, 5.74) is 1.34. The second-order valence-corrected chi connectivity index (χ2v) is 11.2. The van der Waals surface area contributed by atoms with Gasteiger partial charge in [-0.3, -0.25) is 4.79 Å². The van der Waals surface area contributed by atoms with Gasteiger partial charge in [-0.05, 0) is 32.9 Å². The number of aliphatic hydroxyl groups excluding tert-OH is 1. The number of rotatable bonds is 7. The zero-order chi connectivity index (χ0) is 26.8. The van der Waals surface area contributed by atoms with E-state index in [9.17, 15) is 23.1 Å². The Labute approximate surface area is 210 Å². The summed E-state index contributed by atoms with van der Waals surface area (Å²) in [6.07, 6.45) is 0.447. The van der Waals surface area contributed by atoms with Crippen molar-refractivity contribution in [2.75, 3.05) is 43.6 Å². The highest BCUT2D eigenvalue weighted by Crippen LogP contribution is 2.35. The van der Waals surface area contributed by atoms with Crippen LogP contribution in [0.5, 0.6) is 5.75 Å². The minimum atomic E-state index is -3.50. The number of carbonyl (C=O) groups is 2. The molecule has 0 saturated heterocycles. The van der Waals surface area contributed by atoms with Gasteiger partial charge in [0.1, 0.15) is 17.5 Å². The van der Waals surface area contributed by atoms with E-state index >= 15 is 0 Å². The van der Waals surface area contributed by atoms with Crippen LogP contribution in [0.25, 0.3) is 0 Å². The number of amides is 3. The first-order valence-corrected chi connectivity index (χ1v) is 13.3. The molecule has 2 aromatic rings. The molecule has 0 saturated carbocycles. The Bertz CT molecular complexity index is 1210. The van der Waals surface area contributed by atoms with Gasteiger partial charge in [0.25, 0.3) is 5.91 Å². The maximum Gasteiger partial charge on any atom is 0.323 e. The molecule has 0 bridgehead atoms. The highest BCUT2D eigenvalue weighted by atomic mass is 32.2. The van der Waals surface area contributed by atoms with Crippen LogP contribution in [0.4, 0.5) is 16.2 Å². The van der Waals surface area contributed by atoms with Crippen LogP contribution < -0.4 is 15.4 Å². The molecule has 198 valence electrons. The molecular formula is C23H33N5O7S. The number of carbonyl (C=O) groups excluding carboxylic acids is 2. The van der Waals surface area contributed by atoms with Crippen LogP contribution in [-0.2, 0) is 10.0 Å². The summed E-state index contributed by atoms with van der Waals surface area (Å²) < 4.78 is 36.7. The van der Waals surface area contributed by atoms with E-state index in [2.05, 4.69) is 15.8 Å². The fourth-order valence-corrected chi connectivity index (χ4v) is 4.29. The molecule has 1 aliphatic heterocycles. The Morgan fingerprint density at radius 1 is 1.33 bits per heavy atom. The van der Waals surface area contributed by atoms with Gasteiger partial charge in [0.15, 0.2) is 11.5 Å². The van der Waals surface area contributed by atoms with E-state index in [1.807, 2.05) is 6.92 Å². The lowest BCUT2D eigenvalue weighted by atomic mass is 9.99. The Hall–Kier alpha value is -3.16. The number of urea groups is 1. The SMILES string of the molecule is Cc1noc(C)c1NC(=O)Nc1cccc2c1O[C@H](CN(C)S(C)(=O)=O)[C@H](C)CN([C@H](C)CO)C2=O. The average Bonchev–Trinajstić information content (AvgIpc) is 3.12. The molecule has 0 radical (unpaired) electrons. The third-order valence-electron chi connectivity index (χ3n) is 6.21. The van der Waals surface area contributed by atoms with Gasteiger partial charge in [0.05, 0.1) is 36.7 Å². The number of likely N-dealkylation sites (N-methyl/N-ethyl adjacent to an activating group) is 1. The van der Waals surface area contributed by atoms with Crippen LogP contribution in [0.3, 0.4) is 0 Å². The largest absolute Gasteiger partial charge is 0.486 e. The number of nitrogens with zero attached hydrogens (tertiary/aromatic N) is 3. The number of para-hydroxylation sites is 1. The number of ether oxygens (including phenoxy) is 1. The Morgan fingerprint density at radius 2 is 2.03 bits per heavy atom. The zero-order valence-corrected chi connectivity index (χ0v) is 22.0. The number of fused-ring (bicyclic) bond motifs is 1. The maximum absolute atomic E-state index is 13.5. The summed E-state index contributed by atoms with van der Waals surface area (Å²) in [6.45, 7) is 6.94. The third-order valence-corrected chi connectivity index (χ3v) is 7.50. The van der Waals surface area contributed by atoms with Crippen LogP contribution in [0, 0.1) is 19.8 Å². The quantitative estimate of drug-likeness (QED) is 0.498.